The number of aryl methyl sites for hydroxylation is 1. The molecule has 1 saturated heterocycles. The fourth-order valence-electron chi connectivity index (χ4n) is 3.35. The van der Waals surface area contributed by atoms with Gasteiger partial charge in [-0.2, -0.15) is 14.6 Å². The van der Waals surface area contributed by atoms with Crippen LogP contribution in [-0.4, -0.2) is 38.8 Å². The lowest BCUT2D eigenvalue weighted by Gasteiger charge is -2.28. The number of hydrogen-bond donors (Lipinski definition) is 0. The quantitative estimate of drug-likeness (QED) is 0.739. The average molecular weight is 323 g/mol. The lowest BCUT2D eigenvalue weighted by molar-refractivity contribution is 0.288. The van der Waals surface area contributed by atoms with Crippen LogP contribution in [0.2, 0.25) is 0 Å². The lowest BCUT2D eigenvalue weighted by Crippen LogP contribution is -2.36. The topological polar surface area (TPSA) is 55.5 Å². The fraction of sp³-hybridized carbons (Fsp3) is 0.389. The van der Waals surface area contributed by atoms with Crippen LogP contribution in [-0.2, 0) is 0 Å². The summed E-state index contributed by atoms with van der Waals surface area (Å²) in [6.07, 6.45) is 3.83. The molecule has 6 heteroatoms. The number of benzene rings is 1. The highest BCUT2D eigenvalue weighted by Gasteiger charge is 2.29. The second-order valence-electron chi connectivity index (χ2n) is 6.23. The third-order valence-electron chi connectivity index (χ3n) is 4.71. The van der Waals surface area contributed by atoms with Gasteiger partial charge in [0.05, 0.1) is 6.04 Å². The molecule has 1 fully saturated rings. The van der Waals surface area contributed by atoms with Crippen molar-refractivity contribution in [1.29, 1.82) is 0 Å². The summed E-state index contributed by atoms with van der Waals surface area (Å²) < 4.78 is 7.85. The summed E-state index contributed by atoms with van der Waals surface area (Å²) in [4.78, 5) is 11.2. The Balaban J connectivity index is 1.63. The summed E-state index contributed by atoms with van der Waals surface area (Å²) in [6.45, 7) is 5.80. The van der Waals surface area contributed by atoms with Gasteiger partial charge in [-0.1, -0.05) is 18.2 Å². The van der Waals surface area contributed by atoms with Crippen molar-refractivity contribution in [2.45, 2.75) is 32.7 Å². The average Bonchev–Trinajstić information content (AvgIpc) is 3.24. The van der Waals surface area contributed by atoms with E-state index >= 15 is 0 Å². The summed E-state index contributed by atoms with van der Waals surface area (Å²) in [5.74, 6) is 2.66. The van der Waals surface area contributed by atoms with Gasteiger partial charge in [-0.15, -0.1) is 0 Å². The molecule has 6 nitrogen and oxygen atoms in total. The van der Waals surface area contributed by atoms with Crippen molar-refractivity contribution in [2.75, 3.05) is 18.1 Å². The molecule has 0 radical (unpaired) electrons. The molecule has 0 spiro atoms. The van der Waals surface area contributed by atoms with Crippen LogP contribution in [0.1, 0.15) is 24.1 Å². The van der Waals surface area contributed by atoms with Crippen LogP contribution in [0.5, 0.6) is 5.75 Å². The molecule has 0 saturated carbocycles. The van der Waals surface area contributed by atoms with Gasteiger partial charge in [0.2, 0.25) is 0 Å². The van der Waals surface area contributed by atoms with E-state index in [4.69, 9.17) is 4.74 Å². The Labute approximate surface area is 141 Å². The van der Waals surface area contributed by atoms with Crippen molar-refractivity contribution in [3.63, 3.8) is 0 Å². The van der Waals surface area contributed by atoms with Crippen molar-refractivity contribution in [1.82, 2.24) is 19.6 Å². The predicted octanol–water partition coefficient (Wildman–Crippen LogP) is 2.79. The van der Waals surface area contributed by atoms with E-state index in [0.29, 0.717) is 18.4 Å². The zero-order valence-electron chi connectivity index (χ0n) is 14.0. The van der Waals surface area contributed by atoms with Crippen LogP contribution in [0.4, 0.5) is 5.82 Å². The number of ether oxygens (including phenoxy) is 1. The molecule has 124 valence electrons. The van der Waals surface area contributed by atoms with Gasteiger partial charge in [-0.3, -0.25) is 0 Å². The van der Waals surface area contributed by atoms with Crippen LogP contribution >= 0.6 is 0 Å². The van der Waals surface area contributed by atoms with Crippen molar-refractivity contribution >= 4 is 11.6 Å². The Kier molecular flexibility index (Phi) is 3.80. The van der Waals surface area contributed by atoms with E-state index in [1.807, 2.05) is 41.8 Å². The minimum Gasteiger partial charge on any atom is -0.491 e. The minimum absolute atomic E-state index is 0.332. The molecule has 3 heterocycles. The zero-order chi connectivity index (χ0) is 16.5. The lowest BCUT2D eigenvalue weighted by atomic mass is 10.2. The van der Waals surface area contributed by atoms with Crippen LogP contribution in [0.15, 0.2) is 36.7 Å². The molecule has 1 aliphatic heterocycles. The molecular formula is C18H21N5O. The largest absolute Gasteiger partial charge is 0.491 e. The summed E-state index contributed by atoms with van der Waals surface area (Å²) >= 11 is 0. The molecule has 3 aromatic rings. The minimum atomic E-state index is 0.332. The highest BCUT2D eigenvalue weighted by molar-refractivity contribution is 5.55. The molecule has 0 aliphatic carbocycles. The molecule has 2 aromatic heterocycles. The Morgan fingerprint density at radius 2 is 2.04 bits per heavy atom. The summed E-state index contributed by atoms with van der Waals surface area (Å²) in [5, 5.41) is 4.38. The number of aromatic nitrogens is 4. The molecule has 0 N–H and O–H groups in total. The first-order chi connectivity index (χ1) is 11.7. The SMILES string of the molecule is Cc1nc2ncnn2c(N2CCC[C@H]2COc2ccccc2)c1C. The standard InChI is InChI=1S/C18H21N5O/c1-13-14(2)21-18-19-12-20-23(18)17(13)22-10-6-7-15(22)11-24-16-8-4-3-5-9-16/h3-5,8-9,12,15H,6-7,10-11H2,1-2H3/t15-/m0/s1. The van der Waals surface area contributed by atoms with Gasteiger partial charge in [0.15, 0.2) is 0 Å². The first kappa shape index (κ1) is 14.9. The third kappa shape index (κ3) is 2.58. The van der Waals surface area contributed by atoms with E-state index in [9.17, 15) is 0 Å². The Morgan fingerprint density at radius 1 is 1.21 bits per heavy atom. The number of nitrogens with zero attached hydrogens (tertiary/aromatic N) is 5. The molecule has 24 heavy (non-hydrogen) atoms. The molecule has 0 amide bonds. The summed E-state index contributed by atoms with van der Waals surface area (Å²) in [6, 6.07) is 10.3. The van der Waals surface area contributed by atoms with E-state index in [1.165, 1.54) is 0 Å². The van der Waals surface area contributed by atoms with Gasteiger partial charge in [0, 0.05) is 17.8 Å². The van der Waals surface area contributed by atoms with Crippen molar-refractivity contribution in [3.05, 3.63) is 47.9 Å². The summed E-state index contributed by atoms with van der Waals surface area (Å²) in [5.41, 5.74) is 2.15. The number of hydrogen-bond acceptors (Lipinski definition) is 5. The van der Waals surface area contributed by atoms with E-state index in [-0.39, 0.29) is 0 Å². The number of para-hydroxylation sites is 1. The van der Waals surface area contributed by atoms with Crippen molar-refractivity contribution < 1.29 is 4.74 Å². The normalized spacial score (nSPS) is 17.6. The monoisotopic (exact) mass is 323 g/mol. The first-order valence-electron chi connectivity index (χ1n) is 8.35. The van der Waals surface area contributed by atoms with Crippen LogP contribution < -0.4 is 9.64 Å². The maximum atomic E-state index is 6.00. The highest BCUT2D eigenvalue weighted by atomic mass is 16.5. The maximum Gasteiger partial charge on any atom is 0.254 e. The predicted molar refractivity (Wildman–Crippen MR) is 92.6 cm³/mol. The molecule has 0 bridgehead atoms. The molecule has 1 aliphatic rings. The van der Waals surface area contributed by atoms with Gasteiger partial charge in [-0.25, -0.2) is 4.98 Å². The zero-order valence-corrected chi connectivity index (χ0v) is 14.0. The van der Waals surface area contributed by atoms with Crippen LogP contribution in [0, 0.1) is 13.8 Å². The van der Waals surface area contributed by atoms with Gasteiger partial charge >= 0.3 is 0 Å². The molecule has 0 unspecified atom stereocenters. The van der Waals surface area contributed by atoms with Gasteiger partial charge < -0.3 is 9.64 Å². The second-order valence-corrected chi connectivity index (χ2v) is 6.23. The molecule has 4 rings (SSSR count). The van der Waals surface area contributed by atoms with E-state index in [2.05, 4.69) is 26.9 Å². The Morgan fingerprint density at radius 3 is 2.88 bits per heavy atom. The number of anilines is 1. The highest BCUT2D eigenvalue weighted by Crippen LogP contribution is 2.30. The number of fused-ring (bicyclic) bond motifs is 1. The Bertz CT molecular complexity index is 845. The van der Waals surface area contributed by atoms with E-state index < -0.39 is 0 Å². The molecule has 1 aromatic carbocycles. The van der Waals surface area contributed by atoms with Crippen LogP contribution in [0.25, 0.3) is 5.78 Å². The van der Waals surface area contributed by atoms with Crippen LogP contribution in [0.3, 0.4) is 0 Å². The first-order valence-corrected chi connectivity index (χ1v) is 8.35. The fourth-order valence-corrected chi connectivity index (χ4v) is 3.35. The van der Waals surface area contributed by atoms with Crippen molar-refractivity contribution in [2.24, 2.45) is 0 Å². The third-order valence-corrected chi connectivity index (χ3v) is 4.71. The van der Waals surface area contributed by atoms with E-state index in [0.717, 1.165) is 42.2 Å². The van der Waals surface area contributed by atoms with Crippen molar-refractivity contribution in [3.8, 4) is 5.75 Å². The summed E-state index contributed by atoms with van der Waals surface area (Å²) in [7, 11) is 0. The van der Waals surface area contributed by atoms with Gasteiger partial charge in [-0.05, 0) is 38.8 Å². The number of rotatable bonds is 4. The van der Waals surface area contributed by atoms with E-state index in [1.54, 1.807) is 6.33 Å². The maximum absolute atomic E-state index is 6.00. The smallest absolute Gasteiger partial charge is 0.254 e. The van der Waals surface area contributed by atoms with Gasteiger partial charge in [0.25, 0.3) is 5.78 Å². The molecule has 1 atom stereocenters. The Hall–Kier alpha value is -2.63. The van der Waals surface area contributed by atoms with Gasteiger partial charge in [0.1, 0.15) is 24.5 Å². The second kappa shape index (κ2) is 6.11. The molecular weight excluding hydrogens is 302 g/mol.